The summed E-state index contributed by atoms with van der Waals surface area (Å²) in [7, 11) is 0. The Balaban J connectivity index is 1.90. The van der Waals surface area contributed by atoms with Gasteiger partial charge in [-0.3, -0.25) is 4.79 Å². The molecule has 1 atom stereocenters. The predicted molar refractivity (Wildman–Crippen MR) is 51.4 cm³/mol. The van der Waals surface area contributed by atoms with Gasteiger partial charge in [0.15, 0.2) is 5.13 Å². The van der Waals surface area contributed by atoms with E-state index in [1.165, 1.54) is 11.3 Å². The number of aromatic nitrogens is 1. The van der Waals surface area contributed by atoms with Crippen LogP contribution in [0, 0.1) is 5.92 Å². The average molecular weight is 197 g/mol. The molecule has 1 amide bonds. The number of hydrogen-bond acceptors (Lipinski definition) is 4. The minimum Gasteiger partial charge on any atom is -0.320 e. The van der Waals surface area contributed by atoms with E-state index in [9.17, 15) is 4.79 Å². The Hall–Kier alpha value is -0.940. The molecule has 1 aliphatic carbocycles. The van der Waals surface area contributed by atoms with Crippen LogP contribution in [0.3, 0.4) is 0 Å². The number of anilines is 1. The molecule has 1 aliphatic rings. The highest BCUT2D eigenvalue weighted by atomic mass is 32.1. The van der Waals surface area contributed by atoms with Gasteiger partial charge in [-0.2, -0.15) is 0 Å². The summed E-state index contributed by atoms with van der Waals surface area (Å²) in [4.78, 5) is 15.4. The number of thiazole rings is 1. The molecule has 3 N–H and O–H groups in total. The summed E-state index contributed by atoms with van der Waals surface area (Å²) >= 11 is 1.40. The molecule has 1 aromatic heterocycles. The lowest BCUT2D eigenvalue weighted by Crippen LogP contribution is -2.37. The van der Waals surface area contributed by atoms with E-state index >= 15 is 0 Å². The maximum atomic E-state index is 11.4. The van der Waals surface area contributed by atoms with Crippen molar-refractivity contribution in [3.05, 3.63) is 11.6 Å². The number of hydrogen-bond donors (Lipinski definition) is 2. The van der Waals surface area contributed by atoms with E-state index in [4.69, 9.17) is 5.73 Å². The number of carbonyl (C=O) groups excluding carboxylic acids is 1. The molecule has 2 rings (SSSR count). The summed E-state index contributed by atoms with van der Waals surface area (Å²) < 4.78 is 0. The number of carbonyl (C=O) groups is 1. The third kappa shape index (κ3) is 2.05. The zero-order valence-corrected chi connectivity index (χ0v) is 7.88. The average Bonchev–Trinajstić information content (AvgIpc) is 2.85. The molecular weight excluding hydrogens is 186 g/mol. The van der Waals surface area contributed by atoms with Crippen molar-refractivity contribution in [1.29, 1.82) is 0 Å². The van der Waals surface area contributed by atoms with Crippen molar-refractivity contribution in [2.24, 2.45) is 11.7 Å². The molecule has 0 saturated heterocycles. The van der Waals surface area contributed by atoms with E-state index in [0.717, 1.165) is 12.8 Å². The van der Waals surface area contributed by atoms with Crippen LogP contribution in [0.2, 0.25) is 0 Å². The van der Waals surface area contributed by atoms with E-state index in [1.807, 2.05) is 5.38 Å². The second kappa shape index (κ2) is 3.43. The van der Waals surface area contributed by atoms with Crippen molar-refractivity contribution < 1.29 is 4.79 Å². The van der Waals surface area contributed by atoms with Gasteiger partial charge >= 0.3 is 0 Å². The lowest BCUT2D eigenvalue weighted by atomic mass is 10.2. The van der Waals surface area contributed by atoms with Crippen LogP contribution in [0.1, 0.15) is 12.8 Å². The fourth-order valence-electron chi connectivity index (χ4n) is 1.14. The fraction of sp³-hybridized carbons (Fsp3) is 0.500. The lowest BCUT2D eigenvalue weighted by Gasteiger charge is -2.08. The maximum absolute atomic E-state index is 11.4. The molecule has 70 valence electrons. The first-order chi connectivity index (χ1) is 6.27. The number of amides is 1. The van der Waals surface area contributed by atoms with Gasteiger partial charge in [-0.25, -0.2) is 4.98 Å². The van der Waals surface area contributed by atoms with Crippen molar-refractivity contribution in [3.8, 4) is 0 Å². The quantitative estimate of drug-likeness (QED) is 0.753. The van der Waals surface area contributed by atoms with Crippen molar-refractivity contribution in [2.45, 2.75) is 18.9 Å². The van der Waals surface area contributed by atoms with Gasteiger partial charge in [0.2, 0.25) is 5.91 Å². The Morgan fingerprint density at radius 2 is 2.54 bits per heavy atom. The van der Waals surface area contributed by atoms with Gasteiger partial charge in [0, 0.05) is 11.6 Å². The molecule has 1 unspecified atom stereocenters. The lowest BCUT2D eigenvalue weighted by molar-refractivity contribution is -0.117. The Bertz CT molecular complexity index is 294. The Morgan fingerprint density at radius 1 is 1.77 bits per heavy atom. The normalized spacial score (nSPS) is 18.2. The first kappa shape index (κ1) is 8.65. The van der Waals surface area contributed by atoms with E-state index in [0.29, 0.717) is 11.0 Å². The minimum atomic E-state index is -0.358. The predicted octanol–water partition coefficient (Wildman–Crippen LogP) is 0.819. The second-order valence-corrected chi connectivity index (χ2v) is 4.08. The third-order valence-electron chi connectivity index (χ3n) is 2.10. The van der Waals surface area contributed by atoms with Crippen molar-refractivity contribution in [2.75, 3.05) is 5.32 Å². The minimum absolute atomic E-state index is 0.113. The molecule has 5 heteroatoms. The summed E-state index contributed by atoms with van der Waals surface area (Å²) in [5.41, 5.74) is 5.70. The SMILES string of the molecule is NC(C(=O)Nc1nccs1)C1CC1. The highest BCUT2D eigenvalue weighted by molar-refractivity contribution is 7.13. The molecule has 0 aliphatic heterocycles. The summed E-state index contributed by atoms with van der Waals surface area (Å²) in [6, 6.07) is -0.358. The number of rotatable bonds is 3. The highest BCUT2D eigenvalue weighted by Crippen LogP contribution is 2.32. The monoisotopic (exact) mass is 197 g/mol. The van der Waals surface area contributed by atoms with E-state index in [2.05, 4.69) is 10.3 Å². The Kier molecular flexibility index (Phi) is 2.28. The van der Waals surface area contributed by atoms with E-state index in [-0.39, 0.29) is 11.9 Å². The molecular formula is C8H11N3OS. The van der Waals surface area contributed by atoms with Crippen molar-refractivity contribution in [1.82, 2.24) is 4.98 Å². The molecule has 1 fully saturated rings. The van der Waals surface area contributed by atoms with E-state index in [1.54, 1.807) is 6.20 Å². The van der Waals surface area contributed by atoms with Gasteiger partial charge in [-0.1, -0.05) is 0 Å². The summed E-state index contributed by atoms with van der Waals surface area (Å²) in [5, 5.41) is 5.13. The van der Waals surface area contributed by atoms with E-state index < -0.39 is 0 Å². The second-order valence-electron chi connectivity index (χ2n) is 3.19. The van der Waals surface area contributed by atoms with Crippen LogP contribution in [0.5, 0.6) is 0 Å². The zero-order valence-electron chi connectivity index (χ0n) is 7.06. The van der Waals surface area contributed by atoms with Crippen LogP contribution in [0.15, 0.2) is 11.6 Å². The van der Waals surface area contributed by atoms with Gasteiger partial charge in [-0.15, -0.1) is 11.3 Å². The van der Waals surface area contributed by atoms with Crippen LogP contribution < -0.4 is 11.1 Å². The van der Waals surface area contributed by atoms with Gasteiger partial charge in [-0.05, 0) is 18.8 Å². The topological polar surface area (TPSA) is 68.0 Å². The first-order valence-electron chi connectivity index (χ1n) is 4.23. The standard InChI is InChI=1S/C8H11N3OS/c9-6(5-1-2-5)7(12)11-8-10-3-4-13-8/h3-6H,1-2,9H2,(H,10,11,12). The molecule has 0 radical (unpaired) electrons. The molecule has 4 nitrogen and oxygen atoms in total. The Morgan fingerprint density at radius 3 is 3.08 bits per heavy atom. The van der Waals surface area contributed by atoms with Crippen LogP contribution >= 0.6 is 11.3 Å². The van der Waals surface area contributed by atoms with Gasteiger partial charge < -0.3 is 11.1 Å². The first-order valence-corrected chi connectivity index (χ1v) is 5.11. The molecule has 1 heterocycles. The summed E-state index contributed by atoms with van der Waals surface area (Å²) in [5.74, 6) is 0.275. The summed E-state index contributed by atoms with van der Waals surface area (Å²) in [6.07, 6.45) is 3.81. The number of nitrogens with zero attached hydrogens (tertiary/aromatic N) is 1. The van der Waals surface area contributed by atoms with Crippen LogP contribution in [-0.2, 0) is 4.79 Å². The largest absolute Gasteiger partial charge is 0.320 e. The van der Waals surface area contributed by atoms with Crippen LogP contribution in [0.25, 0.3) is 0 Å². The van der Waals surface area contributed by atoms with Crippen LogP contribution in [-0.4, -0.2) is 16.9 Å². The maximum Gasteiger partial charge on any atom is 0.243 e. The van der Waals surface area contributed by atoms with Crippen molar-refractivity contribution >= 4 is 22.4 Å². The molecule has 0 spiro atoms. The zero-order chi connectivity index (χ0) is 9.26. The number of nitrogens with one attached hydrogen (secondary N) is 1. The van der Waals surface area contributed by atoms with Gasteiger partial charge in [0.25, 0.3) is 0 Å². The molecule has 1 aromatic rings. The number of nitrogens with two attached hydrogens (primary N) is 1. The van der Waals surface area contributed by atoms with Crippen LogP contribution in [0.4, 0.5) is 5.13 Å². The molecule has 1 saturated carbocycles. The molecule has 13 heavy (non-hydrogen) atoms. The molecule has 0 bridgehead atoms. The third-order valence-corrected chi connectivity index (χ3v) is 2.78. The highest BCUT2D eigenvalue weighted by Gasteiger charge is 2.33. The Labute approximate surface area is 80.2 Å². The van der Waals surface area contributed by atoms with Gasteiger partial charge in [0.05, 0.1) is 6.04 Å². The van der Waals surface area contributed by atoms with Gasteiger partial charge in [0.1, 0.15) is 0 Å². The van der Waals surface area contributed by atoms with Crippen molar-refractivity contribution in [3.63, 3.8) is 0 Å². The fourth-order valence-corrected chi connectivity index (χ4v) is 1.68. The molecule has 0 aromatic carbocycles. The summed E-state index contributed by atoms with van der Waals surface area (Å²) in [6.45, 7) is 0. The smallest absolute Gasteiger partial charge is 0.243 e.